The molecule has 0 aliphatic heterocycles. The number of aryl methyl sites for hydroxylation is 2. The van der Waals surface area contributed by atoms with Crippen molar-refractivity contribution in [3.63, 3.8) is 0 Å². The average molecular weight is 352 g/mol. The third-order valence-electron chi connectivity index (χ3n) is 3.01. The lowest BCUT2D eigenvalue weighted by atomic mass is 9.89. The summed E-state index contributed by atoms with van der Waals surface area (Å²) in [7, 11) is 0. The lowest BCUT2D eigenvalue weighted by Gasteiger charge is -2.31. The molecule has 0 radical (unpaired) electrons. The molecule has 0 aromatic heterocycles. The number of alkyl halides is 7. The number of benzene rings is 1. The minimum atomic E-state index is -6.19. The summed E-state index contributed by atoms with van der Waals surface area (Å²) < 4.78 is 90.1. The molecule has 0 saturated heterocycles. The van der Waals surface area contributed by atoms with Crippen molar-refractivity contribution in [2.45, 2.75) is 31.9 Å². The van der Waals surface area contributed by atoms with Crippen molar-refractivity contribution in [3.8, 4) is 0 Å². The normalized spacial score (nSPS) is 14.4. The van der Waals surface area contributed by atoms with E-state index in [4.69, 9.17) is 16.8 Å². The van der Waals surface area contributed by atoms with Gasteiger partial charge < -0.3 is 5.21 Å². The molecular weight excluding hydrogens is 343 g/mol. The summed E-state index contributed by atoms with van der Waals surface area (Å²) in [4.78, 5) is 0. The van der Waals surface area contributed by atoms with Gasteiger partial charge in [-0.25, -0.2) is 4.39 Å². The van der Waals surface area contributed by atoms with Crippen LogP contribution in [0.3, 0.4) is 0 Å². The van der Waals surface area contributed by atoms with Crippen LogP contribution in [0.5, 0.6) is 0 Å². The van der Waals surface area contributed by atoms with Crippen LogP contribution < -0.4 is 0 Å². The Balaban J connectivity index is 3.69. The number of hydrogen-bond donors (Lipinski definition) is 1. The first-order chi connectivity index (χ1) is 9.77. The van der Waals surface area contributed by atoms with Gasteiger partial charge >= 0.3 is 18.0 Å². The minimum Gasteiger partial charge on any atom is -0.410 e. The molecule has 0 unspecified atom stereocenters. The number of halogens is 8. The van der Waals surface area contributed by atoms with Gasteiger partial charge in [0.1, 0.15) is 0 Å². The molecule has 1 aromatic carbocycles. The van der Waals surface area contributed by atoms with Crippen molar-refractivity contribution in [1.82, 2.24) is 0 Å². The molecule has 0 spiro atoms. The molecule has 22 heavy (non-hydrogen) atoms. The predicted molar refractivity (Wildman–Crippen MR) is 65.0 cm³/mol. The SMILES string of the molecule is Cc1cc(C(F)(C(F)(F)F)C(F)(F)F)cc(C)c1/C(Cl)=N/O. The molecular formula is C12H9ClF7NO. The predicted octanol–water partition coefficient (Wildman–Crippen LogP) is 4.97. The van der Waals surface area contributed by atoms with Gasteiger partial charge in [0, 0.05) is 11.1 Å². The van der Waals surface area contributed by atoms with E-state index in [1.807, 2.05) is 0 Å². The van der Waals surface area contributed by atoms with E-state index in [9.17, 15) is 30.7 Å². The highest BCUT2D eigenvalue weighted by Crippen LogP contribution is 2.53. The molecule has 0 fully saturated rings. The van der Waals surface area contributed by atoms with Gasteiger partial charge in [-0.2, -0.15) is 26.3 Å². The van der Waals surface area contributed by atoms with Gasteiger partial charge in [-0.1, -0.05) is 28.9 Å². The zero-order valence-electron chi connectivity index (χ0n) is 11.1. The van der Waals surface area contributed by atoms with Crippen LogP contribution in [0.25, 0.3) is 0 Å². The Kier molecular flexibility index (Phi) is 4.72. The fourth-order valence-electron chi connectivity index (χ4n) is 2.03. The van der Waals surface area contributed by atoms with Gasteiger partial charge in [0.05, 0.1) is 0 Å². The summed E-state index contributed by atoms with van der Waals surface area (Å²) in [5.74, 6) is 0. The van der Waals surface area contributed by atoms with Gasteiger partial charge in [-0.15, -0.1) is 0 Å². The molecule has 1 N–H and O–H groups in total. The van der Waals surface area contributed by atoms with Crippen LogP contribution in [0.4, 0.5) is 30.7 Å². The third-order valence-corrected chi connectivity index (χ3v) is 3.27. The van der Waals surface area contributed by atoms with Crippen molar-refractivity contribution in [2.75, 3.05) is 0 Å². The summed E-state index contributed by atoms with van der Waals surface area (Å²) in [5.41, 5.74) is -7.62. The van der Waals surface area contributed by atoms with Gasteiger partial charge in [-0.05, 0) is 25.0 Å². The van der Waals surface area contributed by atoms with E-state index >= 15 is 0 Å². The average Bonchev–Trinajstić information content (AvgIpc) is 2.33. The van der Waals surface area contributed by atoms with Gasteiger partial charge in [0.2, 0.25) is 0 Å². The topological polar surface area (TPSA) is 32.6 Å². The van der Waals surface area contributed by atoms with E-state index in [0.717, 1.165) is 13.8 Å². The number of rotatable bonds is 2. The Hall–Kier alpha value is -1.51. The summed E-state index contributed by atoms with van der Waals surface area (Å²) in [6, 6.07) is 0.744. The van der Waals surface area contributed by atoms with Crippen LogP contribution in [-0.4, -0.2) is 22.7 Å². The Morgan fingerprint density at radius 3 is 1.59 bits per heavy atom. The molecule has 0 aliphatic carbocycles. The fraction of sp³-hybridized carbons (Fsp3) is 0.417. The summed E-state index contributed by atoms with van der Waals surface area (Å²) in [6.07, 6.45) is -12.4. The molecule has 0 atom stereocenters. The first-order valence-corrected chi connectivity index (χ1v) is 5.97. The van der Waals surface area contributed by atoms with E-state index in [-0.39, 0.29) is 16.7 Å². The Bertz CT molecular complexity index is 569. The highest BCUT2D eigenvalue weighted by atomic mass is 35.5. The number of nitrogens with zero attached hydrogens (tertiary/aromatic N) is 1. The standard InChI is InChI=1S/C12H9ClF7NO/c1-5-3-7(4-6(2)8(5)9(13)21-22)10(14,11(15,16)17)12(18,19)20/h3-4,22H,1-2H3/b21-9-. The van der Waals surface area contributed by atoms with E-state index in [0.29, 0.717) is 12.1 Å². The van der Waals surface area contributed by atoms with E-state index in [2.05, 4.69) is 5.16 Å². The largest absolute Gasteiger partial charge is 0.435 e. The molecule has 2 nitrogen and oxygen atoms in total. The van der Waals surface area contributed by atoms with Crippen LogP contribution in [0.1, 0.15) is 22.3 Å². The maximum absolute atomic E-state index is 13.9. The molecule has 0 saturated carbocycles. The van der Waals surface area contributed by atoms with Crippen LogP contribution in [0, 0.1) is 13.8 Å². The Morgan fingerprint density at radius 2 is 1.32 bits per heavy atom. The molecule has 0 aliphatic rings. The monoisotopic (exact) mass is 351 g/mol. The van der Waals surface area contributed by atoms with Crippen molar-refractivity contribution in [3.05, 3.63) is 34.4 Å². The van der Waals surface area contributed by atoms with E-state index in [1.165, 1.54) is 0 Å². The highest BCUT2D eigenvalue weighted by molar-refractivity contribution is 6.69. The van der Waals surface area contributed by atoms with Crippen LogP contribution in [0.2, 0.25) is 0 Å². The molecule has 0 heterocycles. The smallest absolute Gasteiger partial charge is 0.410 e. The second kappa shape index (κ2) is 5.60. The first-order valence-electron chi connectivity index (χ1n) is 5.59. The number of hydrogen-bond acceptors (Lipinski definition) is 2. The second-order valence-electron chi connectivity index (χ2n) is 4.53. The van der Waals surface area contributed by atoms with Crippen LogP contribution in [0.15, 0.2) is 17.3 Å². The van der Waals surface area contributed by atoms with Gasteiger partial charge in [-0.3, -0.25) is 0 Å². The maximum atomic E-state index is 13.9. The molecule has 124 valence electrons. The van der Waals surface area contributed by atoms with Gasteiger partial charge in [0.25, 0.3) is 0 Å². The van der Waals surface area contributed by atoms with E-state index < -0.39 is 28.8 Å². The molecule has 1 rings (SSSR count). The molecule has 0 bridgehead atoms. The molecule has 1 aromatic rings. The second-order valence-corrected chi connectivity index (χ2v) is 4.89. The van der Waals surface area contributed by atoms with Crippen molar-refractivity contribution in [1.29, 1.82) is 0 Å². The van der Waals surface area contributed by atoms with Crippen LogP contribution >= 0.6 is 11.6 Å². The Morgan fingerprint density at radius 1 is 0.955 bits per heavy atom. The van der Waals surface area contributed by atoms with Crippen molar-refractivity contribution in [2.24, 2.45) is 5.16 Å². The van der Waals surface area contributed by atoms with Crippen LogP contribution in [-0.2, 0) is 5.67 Å². The van der Waals surface area contributed by atoms with E-state index in [1.54, 1.807) is 0 Å². The quantitative estimate of drug-likeness (QED) is 0.347. The third kappa shape index (κ3) is 2.86. The lowest BCUT2D eigenvalue weighted by molar-refractivity contribution is -0.348. The van der Waals surface area contributed by atoms with Gasteiger partial charge in [0.15, 0.2) is 5.17 Å². The minimum absolute atomic E-state index is 0.0837. The number of oxime groups is 1. The zero-order valence-corrected chi connectivity index (χ0v) is 11.8. The fourth-order valence-corrected chi connectivity index (χ4v) is 2.32. The summed E-state index contributed by atoms with van der Waals surface area (Å²) >= 11 is 5.51. The summed E-state index contributed by atoms with van der Waals surface area (Å²) in [5, 5.41) is 10.6. The van der Waals surface area contributed by atoms with Crippen molar-refractivity contribution < 1.29 is 35.9 Å². The first kappa shape index (κ1) is 18.5. The van der Waals surface area contributed by atoms with Crippen molar-refractivity contribution >= 4 is 16.8 Å². The lowest BCUT2D eigenvalue weighted by Crippen LogP contribution is -2.50. The molecule has 10 heteroatoms. The highest BCUT2D eigenvalue weighted by Gasteiger charge is 2.73. The zero-order chi connectivity index (χ0) is 17.5. The summed E-state index contributed by atoms with van der Waals surface area (Å²) in [6.45, 7) is 2.24. The molecule has 0 amide bonds. The Labute approximate surface area is 125 Å². The maximum Gasteiger partial charge on any atom is 0.435 e.